The quantitative estimate of drug-likeness (QED) is 0.0603. The van der Waals surface area contributed by atoms with Crippen LogP contribution in [0.1, 0.15) is 94.4 Å². The van der Waals surface area contributed by atoms with Gasteiger partial charge in [-0.2, -0.15) is 0 Å². The number of carbonyl (C=O) groups is 2. The monoisotopic (exact) mass is 1270 g/mol. The normalized spacial score (nSPS) is 15.8. The number of imidazole rings is 2. The van der Waals surface area contributed by atoms with Gasteiger partial charge in [-0.1, -0.05) is 63.0 Å². The van der Waals surface area contributed by atoms with E-state index in [1.165, 1.54) is 38.7 Å². The molecule has 2 aliphatic rings. The largest absolute Gasteiger partial charge is 0.496 e. The number of rotatable bonds is 18. The molecule has 0 bridgehead atoms. The molecule has 0 radical (unpaired) electrons. The number of halogens is 6. The predicted octanol–water partition coefficient (Wildman–Crippen LogP) is 13.8. The molecule has 12 rings (SSSR count). The Morgan fingerprint density at radius 1 is 0.556 bits per heavy atom. The molecule has 2 saturated heterocycles. The van der Waals surface area contributed by atoms with E-state index in [0.717, 1.165) is 24.3 Å². The standard InChI is InChI=1S/2C33H29ClF2N4O5/c2*1-33(2)17-44-16-28(33)40-26-10-18(32(41)42)7-8-25(26)38-30(40)11-19-9-23(36)21(12-22(19)35)24-5-4-6-31(39-24)45-15-20-14-37-29(34)13-27(20)43-3/h2*4-10,12-14,28H,11,15-17H2,1-3H3,(H,41,42). The highest BCUT2D eigenvalue weighted by Crippen LogP contribution is 2.43. The van der Waals surface area contributed by atoms with Crippen molar-refractivity contribution in [3.63, 3.8) is 0 Å². The van der Waals surface area contributed by atoms with Crippen LogP contribution in [0.4, 0.5) is 17.6 Å². The highest BCUT2D eigenvalue weighted by molar-refractivity contribution is 6.29. The molecule has 464 valence electrons. The van der Waals surface area contributed by atoms with E-state index in [9.17, 15) is 19.8 Å². The number of fused-ring (bicyclic) bond motifs is 2. The first kappa shape index (κ1) is 62.4. The van der Waals surface area contributed by atoms with Crippen molar-refractivity contribution in [2.45, 2.75) is 65.8 Å². The van der Waals surface area contributed by atoms with Crippen molar-refractivity contribution in [2.24, 2.45) is 10.8 Å². The van der Waals surface area contributed by atoms with Crippen LogP contribution in [0.2, 0.25) is 10.3 Å². The van der Waals surface area contributed by atoms with Crippen LogP contribution in [-0.2, 0) is 35.5 Å². The van der Waals surface area contributed by atoms with Gasteiger partial charge in [0.05, 0.1) is 97.3 Å². The van der Waals surface area contributed by atoms with Crippen molar-refractivity contribution in [1.82, 2.24) is 39.0 Å². The average molecular weight is 1270 g/mol. The van der Waals surface area contributed by atoms with Crippen LogP contribution in [0.3, 0.4) is 0 Å². The molecule has 18 nitrogen and oxygen atoms in total. The first-order chi connectivity index (χ1) is 43.1. The fraction of sp³-hybridized carbons (Fsp3) is 0.273. The fourth-order valence-corrected chi connectivity index (χ4v) is 11.4. The molecule has 6 aromatic heterocycles. The van der Waals surface area contributed by atoms with E-state index in [1.807, 2.05) is 36.8 Å². The third-order valence-corrected chi connectivity index (χ3v) is 16.3. The third-order valence-electron chi connectivity index (χ3n) is 15.9. The van der Waals surface area contributed by atoms with Crippen LogP contribution >= 0.6 is 23.2 Å². The minimum Gasteiger partial charge on any atom is -0.496 e. The first-order valence-corrected chi connectivity index (χ1v) is 29.0. The summed E-state index contributed by atoms with van der Waals surface area (Å²) in [5.41, 5.74) is 3.70. The van der Waals surface area contributed by atoms with Crippen LogP contribution in [0.5, 0.6) is 23.3 Å². The minimum absolute atomic E-state index is 0.0275. The zero-order chi connectivity index (χ0) is 63.8. The van der Waals surface area contributed by atoms with Crippen LogP contribution < -0.4 is 18.9 Å². The highest BCUT2D eigenvalue weighted by atomic mass is 35.5. The lowest BCUT2D eigenvalue weighted by molar-refractivity contribution is 0.0686. The number of aromatic carboxylic acids is 2. The predicted molar refractivity (Wildman–Crippen MR) is 326 cm³/mol. The van der Waals surface area contributed by atoms with E-state index >= 15 is 17.6 Å². The molecule has 0 spiro atoms. The van der Waals surface area contributed by atoms with Crippen molar-refractivity contribution < 1.29 is 65.8 Å². The van der Waals surface area contributed by atoms with E-state index < -0.39 is 35.2 Å². The van der Waals surface area contributed by atoms with Crippen molar-refractivity contribution in [3.05, 3.63) is 200 Å². The highest BCUT2D eigenvalue weighted by Gasteiger charge is 2.41. The van der Waals surface area contributed by atoms with Gasteiger partial charge in [-0.3, -0.25) is 0 Å². The third kappa shape index (κ3) is 13.1. The van der Waals surface area contributed by atoms with Gasteiger partial charge in [0.15, 0.2) is 0 Å². The molecule has 2 fully saturated rings. The molecule has 2 aliphatic heterocycles. The summed E-state index contributed by atoms with van der Waals surface area (Å²) < 4.78 is 100. The Morgan fingerprint density at radius 2 is 0.967 bits per heavy atom. The molecular weight excluding hydrogens is 1210 g/mol. The Bertz CT molecular complexity index is 4140. The SMILES string of the molecule is COc1cc(Cl)ncc1COc1cccc(-c2cc(F)c(Cc3nc4ccc(C(=O)O)cc4n3C3COCC3(C)C)cc2F)n1.COc1cc(Cl)ncc1COc1cccc(-c2cc(F)c(Cc3nc4ccc(C(=O)O)cc4n3C3COCC3(C)C)cc2F)n1. The van der Waals surface area contributed by atoms with Gasteiger partial charge in [-0.15, -0.1) is 0 Å². The summed E-state index contributed by atoms with van der Waals surface area (Å²) in [7, 11) is 3.01. The van der Waals surface area contributed by atoms with Gasteiger partial charge in [0, 0.05) is 82.6 Å². The zero-order valence-corrected chi connectivity index (χ0v) is 50.9. The maximum Gasteiger partial charge on any atom is 0.335 e. The molecule has 2 atom stereocenters. The average Bonchev–Trinajstić information content (AvgIpc) is 1.68. The van der Waals surface area contributed by atoms with Crippen molar-refractivity contribution in [2.75, 3.05) is 40.6 Å². The Balaban J connectivity index is 0.000000185. The molecule has 24 heteroatoms. The minimum atomic E-state index is -1.07. The lowest BCUT2D eigenvalue weighted by atomic mass is 9.87. The summed E-state index contributed by atoms with van der Waals surface area (Å²) in [5, 5.41) is 19.7. The molecule has 8 heterocycles. The Morgan fingerprint density at radius 3 is 1.33 bits per heavy atom. The van der Waals surface area contributed by atoms with E-state index in [4.69, 9.17) is 61.6 Å². The molecular formula is C66H58Cl2F4N8O10. The number of carboxylic acid groups (broad SMARTS) is 2. The first-order valence-electron chi connectivity index (χ1n) is 28.2. The van der Waals surface area contributed by atoms with Crippen LogP contribution in [0, 0.1) is 34.1 Å². The van der Waals surface area contributed by atoms with Gasteiger partial charge in [0.1, 0.15) is 69.9 Å². The Kier molecular flexibility index (Phi) is 17.8. The van der Waals surface area contributed by atoms with E-state index in [2.05, 4.69) is 19.9 Å². The number of hydrogen-bond donors (Lipinski definition) is 2. The van der Waals surface area contributed by atoms with Crippen LogP contribution in [0.15, 0.2) is 122 Å². The second-order valence-corrected chi connectivity index (χ2v) is 23.8. The molecule has 10 aromatic rings. The number of aromatic nitrogens is 8. The summed E-state index contributed by atoms with van der Waals surface area (Å²) >= 11 is 11.9. The van der Waals surface area contributed by atoms with Gasteiger partial charge in [-0.25, -0.2) is 57.1 Å². The van der Waals surface area contributed by atoms with Crippen molar-refractivity contribution in [1.29, 1.82) is 0 Å². The lowest BCUT2D eigenvalue weighted by Crippen LogP contribution is -2.27. The number of benzene rings is 4. The van der Waals surface area contributed by atoms with Crippen LogP contribution in [0.25, 0.3) is 44.6 Å². The number of carboxylic acids is 2. The topological polar surface area (TPSA) is 217 Å². The van der Waals surface area contributed by atoms with E-state index in [0.29, 0.717) is 82.8 Å². The second kappa shape index (κ2) is 25.7. The van der Waals surface area contributed by atoms with Gasteiger partial charge in [0.2, 0.25) is 11.8 Å². The van der Waals surface area contributed by atoms with Gasteiger partial charge in [-0.05, 0) is 83.9 Å². The summed E-state index contributed by atoms with van der Waals surface area (Å²) in [6.45, 7) is 10.1. The van der Waals surface area contributed by atoms with E-state index in [1.54, 1.807) is 72.8 Å². The van der Waals surface area contributed by atoms with Gasteiger partial charge in [0.25, 0.3) is 0 Å². The number of nitrogens with zero attached hydrogens (tertiary/aromatic N) is 8. The second-order valence-electron chi connectivity index (χ2n) is 23.0. The smallest absolute Gasteiger partial charge is 0.335 e. The molecule has 0 aliphatic carbocycles. The summed E-state index contributed by atoms with van der Waals surface area (Å²) in [4.78, 5) is 49.7. The summed E-state index contributed by atoms with van der Waals surface area (Å²) in [6, 6.07) is 26.2. The number of hydrogen-bond acceptors (Lipinski definition) is 14. The molecule has 0 saturated carbocycles. The van der Waals surface area contributed by atoms with E-state index in [-0.39, 0.29) is 116 Å². The fourth-order valence-electron chi connectivity index (χ4n) is 11.1. The maximum atomic E-state index is 15.7. The van der Waals surface area contributed by atoms with Crippen LogP contribution in [-0.4, -0.2) is 102 Å². The Labute approximate surface area is 523 Å². The van der Waals surface area contributed by atoms with Gasteiger partial charge < -0.3 is 47.8 Å². The Hall–Kier alpha value is -9.22. The lowest BCUT2D eigenvalue weighted by Gasteiger charge is -2.28. The summed E-state index contributed by atoms with van der Waals surface area (Å²) in [6.07, 6.45) is 3.00. The zero-order valence-electron chi connectivity index (χ0n) is 49.4. The molecule has 90 heavy (non-hydrogen) atoms. The number of pyridine rings is 4. The molecule has 2 N–H and O–H groups in total. The molecule has 0 amide bonds. The molecule has 4 aromatic carbocycles. The number of ether oxygens (including phenoxy) is 6. The summed E-state index contributed by atoms with van der Waals surface area (Å²) in [5.74, 6) is -2.40. The molecule has 2 unspecified atom stereocenters. The number of methoxy groups -OCH3 is 2. The van der Waals surface area contributed by atoms with Crippen molar-refractivity contribution >= 4 is 57.2 Å². The van der Waals surface area contributed by atoms with Gasteiger partial charge >= 0.3 is 11.9 Å². The van der Waals surface area contributed by atoms with Crippen molar-refractivity contribution in [3.8, 4) is 45.8 Å². The maximum absolute atomic E-state index is 15.7.